The third kappa shape index (κ3) is 2.49. The van der Waals surface area contributed by atoms with Crippen molar-refractivity contribution in [3.63, 3.8) is 0 Å². The van der Waals surface area contributed by atoms with E-state index in [0.717, 1.165) is 18.2 Å². The van der Waals surface area contributed by atoms with E-state index in [-0.39, 0.29) is 0 Å². The molecule has 0 bridgehead atoms. The van der Waals surface area contributed by atoms with Crippen LogP contribution in [0.25, 0.3) is 0 Å². The highest BCUT2D eigenvalue weighted by atomic mass is 15.1. The van der Waals surface area contributed by atoms with Gasteiger partial charge in [-0.2, -0.15) is 0 Å². The number of hydrogen-bond donors (Lipinski definition) is 1. The lowest BCUT2D eigenvalue weighted by Gasteiger charge is -2.29. The highest BCUT2D eigenvalue weighted by Gasteiger charge is 2.17. The average Bonchev–Trinajstić information content (AvgIpc) is 2.19. The van der Waals surface area contributed by atoms with Crippen molar-refractivity contribution in [2.75, 3.05) is 24.2 Å². The van der Waals surface area contributed by atoms with E-state index < -0.39 is 0 Å². The van der Waals surface area contributed by atoms with Crippen molar-refractivity contribution in [1.29, 1.82) is 0 Å². The van der Waals surface area contributed by atoms with Crippen LogP contribution in [0, 0.1) is 12.8 Å². The number of hydrogen-bond acceptors (Lipinski definition) is 2. The molecule has 0 saturated heterocycles. The highest BCUT2D eigenvalue weighted by Crippen LogP contribution is 2.30. The minimum Gasteiger partial charge on any atom is -0.397 e. The van der Waals surface area contributed by atoms with E-state index in [1.807, 2.05) is 6.07 Å². The van der Waals surface area contributed by atoms with Crippen LogP contribution >= 0.6 is 0 Å². The standard InChI is InChI=1S/C14H22N2/c1-11-6-7-13(15)14(10-11)16(2)9-8-12-4-3-5-12/h6-7,10,12H,3-5,8-9,15H2,1-2H3. The molecule has 1 saturated carbocycles. The molecule has 0 heterocycles. The smallest absolute Gasteiger partial charge is 0.0599 e. The van der Waals surface area contributed by atoms with E-state index in [4.69, 9.17) is 5.73 Å². The average molecular weight is 218 g/mol. The third-order valence-corrected chi connectivity index (χ3v) is 3.69. The predicted octanol–water partition coefficient (Wildman–Crippen LogP) is 3.20. The Bertz CT molecular complexity index is 356. The number of nitrogens with zero attached hydrogens (tertiary/aromatic N) is 1. The van der Waals surface area contributed by atoms with Gasteiger partial charge < -0.3 is 10.6 Å². The maximum Gasteiger partial charge on any atom is 0.0599 e. The van der Waals surface area contributed by atoms with Crippen LogP contribution in [0.1, 0.15) is 31.2 Å². The number of nitrogen functional groups attached to an aromatic ring is 1. The lowest BCUT2D eigenvalue weighted by molar-refractivity contribution is 0.299. The van der Waals surface area contributed by atoms with Crippen LogP contribution in [0.5, 0.6) is 0 Å². The molecule has 1 aliphatic carbocycles. The van der Waals surface area contributed by atoms with Gasteiger partial charge >= 0.3 is 0 Å². The van der Waals surface area contributed by atoms with E-state index in [1.165, 1.54) is 36.9 Å². The second-order valence-corrected chi connectivity index (χ2v) is 5.07. The molecule has 0 unspecified atom stereocenters. The number of rotatable bonds is 4. The maximum atomic E-state index is 6.00. The number of nitrogens with two attached hydrogens (primary N) is 1. The van der Waals surface area contributed by atoms with Gasteiger partial charge in [-0.1, -0.05) is 25.3 Å². The van der Waals surface area contributed by atoms with Crippen LogP contribution in [0.15, 0.2) is 18.2 Å². The van der Waals surface area contributed by atoms with Gasteiger partial charge in [0.2, 0.25) is 0 Å². The van der Waals surface area contributed by atoms with E-state index in [2.05, 4.69) is 31.0 Å². The lowest BCUT2D eigenvalue weighted by Crippen LogP contribution is -2.24. The van der Waals surface area contributed by atoms with Crippen molar-refractivity contribution < 1.29 is 0 Å². The summed E-state index contributed by atoms with van der Waals surface area (Å²) in [5, 5.41) is 0. The van der Waals surface area contributed by atoms with E-state index in [9.17, 15) is 0 Å². The summed E-state index contributed by atoms with van der Waals surface area (Å²) in [6, 6.07) is 6.25. The molecule has 2 nitrogen and oxygen atoms in total. The molecule has 2 rings (SSSR count). The molecular formula is C14H22N2. The summed E-state index contributed by atoms with van der Waals surface area (Å²) in [7, 11) is 2.14. The highest BCUT2D eigenvalue weighted by molar-refractivity contribution is 5.68. The second-order valence-electron chi connectivity index (χ2n) is 5.07. The Morgan fingerprint density at radius 2 is 2.12 bits per heavy atom. The van der Waals surface area contributed by atoms with Crippen LogP contribution in [0.3, 0.4) is 0 Å². The van der Waals surface area contributed by atoms with Gasteiger partial charge in [-0.15, -0.1) is 0 Å². The van der Waals surface area contributed by atoms with Gasteiger partial charge in [0.15, 0.2) is 0 Å². The molecule has 88 valence electrons. The molecule has 1 aliphatic rings. The van der Waals surface area contributed by atoms with Crippen LogP contribution < -0.4 is 10.6 Å². The Hall–Kier alpha value is -1.18. The third-order valence-electron chi connectivity index (χ3n) is 3.69. The molecule has 1 aromatic carbocycles. The van der Waals surface area contributed by atoms with E-state index >= 15 is 0 Å². The first kappa shape index (κ1) is 11.3. The molecule has 0 amide bonds. The molecule has 0 aliphatic heterocycles. The van der Waals surface area contributed by atoms with Crippen LogP contribution in [-0.4, -0.2) is 13.6 Å². The van der Waals surface area contributed by atoms with Crippen LogP contribution in [0.2, 0.25) is 0 Å². The predicted molar refractivity (Wildman–Crippen MR) is 70.8 cm³/mol. The SMILES string of the molecule is Cc1ccc(N)c(N(C)CCC2CCC2)c1. The van der Waals surface area contributed by atoms with Gasteiger partial charge in [-0.25, -0.2) is 0 Å². The van der Waals surface area contributed by atoms with Gasteiger partial charge in [-0.3, -0.25) is 0 Å². The van der Waals surface area contributed by atoms with Crippen molar-refractivity contribution in [3.05, 3.63) is 23.8 Å². The first-order chi connectivity index (χ1) is 7.66. The number of aryl methyl sites for hydroxylation is 1. The minimum atomic E-state index is 0.890. The van der Waals surface area contributed by atoms with Crippen molar-refractivity contribution in [2.45, 2.75) is 32.6 Å². The Morgan fingerprint density at radius 1 is 1.38 bits per heavy atom. The van der Waals surface area contributed by atoms with Gasteiger partial charge in [0.1, 0.15) is 0 Å². The largest absolute Gasteiger partial charge is 0.397 e. The zero-order valence-electron chi connectivity index (χ0n) is 10.4. The lowest BCUT2D eigenvalue weighted by atomic mass is 9.83. The first-order valence-electron chi connectivity index (χ1n) is 6.24. The Morgan fingerprint density at radius 3 is 2.75 bits per heavy atom. The minimum absolute atomic E-state index is 0.890. The molecular weight excluding hydrogens is 196 g/mol. The van der Waals surface area contributed by atoms with Gasteiger partial charge in [-0.05, 0) is 37.0 Å². The van der Waals surface area contributed by atoms with Crippen molar-refractivity contribution in [2.24, 2.45) is 5.92 Å². The Balaban J connectivity index is 1.95. The maximum absolute atomic E-state index is 6.00. The number of benzene rings is 1. The monoisotopic (exact) mass is 218 g/mol. The molecule has 1 fully saturated rings. The second kappa shape index (κ2) is 4.77. The molecule has 0 spiro atoms. The molecule has 2 N–H and O–H groups in total. The zero-order chi connectivity index (χ0) is 11.5. The van der Waals surface area contributed by atoms with Crippen molar-refractivity contribution in [3.8, 4) is 0 Å². The summed E-state index contributed by atoms with van der Waals surface area (Å²) in [4.78, 5) is 2.29. The van der Waals surface area contributed by atoms with Gasteiger partial charge in [0, 0.05) is 13.6 Å². The van der Waals surface area contributed by atoms with Gasteiger partial charge in [0.25, 0.3) is 0 Å². The molecule has 0 radical (unpaired) electrons. The summed E-state index contributed by atoms with van der Waals surface area (Å²) in [6.07, 6.45) is 5.60. The molecule has 1 aromatic rings. The Labute approximate surface area is 98.4 Å². The fraction of sp³-hybridized carbons (Fsp3) is 0.571. The first-order valence-corrected chi connectivity index (χ1v) is 6.24. The fourth-order valence-electron chi connectivity index (χ4n) is 2.26. The molecule has 2 heteroatoms. The van der Waals surface area contributed by atoms with Crippen molar-refractivity contribution >= 4 is 11.4 Å². The van der Waals surface area contributed by atoms with E-state index in [0.29, 0.717) is 0 Å². The zero-order valence-corrected chi connectivity index (χ0v) is 10.4. The molecule has 0 atom stereocenters. The quantitative estimate of drug-likeness (QED) is 0.786. The normalized spacial score (nSPS) is 15.9. The molecule has 0 aromatic heterocycles. The summed E-state index contributed by atoms with van der Waals surface area (Å²) in [5.41, 5.74) is 9.35. The van der Waals surface area contributed by atoms with Crippen LogP contribution in [0.4, 0.5) is 11.4 Å². The summed E-state index contributed by atoms with van der Waals surface area (Å²) < 4.78 is 0. The number of anilines is 2. The summed E-state index contributed by atoms with van der Waals surface area (Å²) in [5.74, 6) is 0.966. The summed E-state index contributed by atoms with van der Waals surface area (Å²) in [6.45, 7) is 3.24. The molecule has 16 heavy (non-hydrogen) atoms. The topological polar surface area (TPSA) is 29.3 Å². The van der Waals surface area contributed by atoms with Gasteiger partial charge in [0.05, 0.1) is 11.4 Å². The Kier molecular flexibility index (Phi) is 3.37. The summed E-state index contributed by atoms with van der Waals surface area (Å²) >= 11 is 0. The van der Waals surface area contributed by atoms with E-state index in [1.54, 1.807) is 0 Å². The van der Waals surface area contributed by atoms with Crippen molar-refractivity contribution in [1.82, 2.24) is 0 Å². The fourth-order valence-corrected chi connectivity index (χ4v) is 2.26. The van der Waals surface area contributed by atoms with Crippen LogP contribution in [-0.2, 0) is 0 Å².